The highest BCUT2D eigenvalue weighted by Gasteiger charge is 2.14. The molecule has 6 nitrogen and oxygen atoms in total. The normalized spacial score (nSPS) is 13.0. The van der Waals surface area contributed by atoms with Crippen LogP contribution in [0.1, 0.15) is 5.82 Å². The average Bonchev–Trinajstić information content (AvgIpc) is 2.54. The molecule has 3 rings (SSSR count). The topological polar surface area (TPSA) is 65.5 Å². The SMILES string of the molecule is CNc1cc(-c2ccc3c(c2)OCCO3)nc(COC)n1. The van der Waals surface area contributed by atoms with Crippen molar-refractivity contribution < 1.29 is 14.2 Å². The van der Waals surface area contributed by atoms with Crippen molar-refractivity contribution in [3.8, 4) is 22.8 Å². The highest BCUT2D eigenvalue weighted by molar-refractivity contribution is 5.66. The molecule has 0 radical (unpaired) electrons. The van der Waals surface area contributed by atoms with Crippen LogP contribution in [0.3, 0.4) is 0 Å². The third-order valence-corrected chi connectivity index (χ3v) is 3.14. The zero-order chi connectivity index (χ0) is 14.7. The summed E-state index contributed by atoms with van der Waals surface area (Å²) >= 11 is 0. The Bertz CT molecular complexity index is 646. The quantitative estimate of drug-likeness (QED) is 0.929. The minimum atomic E-state index is 0.368. The molecule has 1 aliphatic heterocycles. The lowest BCUT2D eigenvalue weighted by Gasteiger charge is -2.19. The largest absolute Gasteiger partial charge is 0.486 e. The summed E-state index contributed by atoms with van der Waals surface area (Å²) < 4.78 is 16.3. The van der Waals surface area contributed by atoms with Gasteiger partial charge in [-0.2, -0.15) is 0 Å². The van der Waals surface area contributed by atoms with Gasteiger partial charge in [0, 0.05) is 25.8 Å². The molecule has 21 heavy (non-hydrogen) atoms. The van der Waals surface area contributed by atoms with Gasteiger partial charge in [-0.15, -0.1) is 0 Å². The maximum absolute atomic E-state index is 5.61. The molecule has 0 spiro atoms. The van der Waals surface area contributed by atoms with E-state index >= 15 is 0 Å². The highest BCUT2D eigenvalue weighted by atomic mass is 16.6. The number of nitrogens with one attached hydrogen (secondary N) is 1. The number of nitrogens with zero attached hydrogens (tertiary/aromatic N) is 2. The number of rotatable bonds is 4. The lowest BCUT2D eigenvalue weighted by Crippen LogP contribution is -2.15. The summed E-state index contributed by atoms with van der Waals surface area (Å²) in [5.74, 6) is 2.90. The predicted molar refractivity (Wildman–Crippen MR) is 78.7 cm³/mol. The molecule has 2 aromatic rings. The van der Waals surface area contributed by atoms with Crippen LogP contribution in [0.4, 0.5) is 5.82 Å². The van der Waals surface area contributed by atoms with Crippen LogP contribution >= 0.6 is 0 Å². The first-order valence-electron chi connectivity index (χ1n) is 6.75. The second-order valence-corrected chi connectivity index (χ2v) is 4.60. The minimum Gasteiger partial charge on any atom is -0.486 e. The van der Waals surface area contributed by atoms with Crippen molar-refractivity contribution >= 4 is 5.82 Å². The van der Waals surface area contributed by atoms with Gasteiger partial charge >= 0.3 is 0 Å². The Morgan fingerprint density at radius 1 is 1.14 bits per heavy atom. The van der Waals surface area contributed by atoms with Gasteiger partial charge in [0.25, 0.3) is 0 Å². The first-order chi connectivity index (χ1) is 10.3. The monoisotopic (exact) mass is 287 g/mol. The molecule has 0 saturated heterocycles. The van der Waals surface area contributed by atoms with Gasteiger partial charge in [0.2, 0.25) is 0 Å². The Balaban J connectivity index is 2.00. The van der Waals surface area contributed by atoms with E-state index < -0.39 is 0 Å². The van der Waals surface area contributed by atoms with Crippen LogP contribution in [0.15, 0.2) is 24.3 Å². The summed E-state index contributed by atoms with van der Waals surface area (Å²) in [5.41, 5.74) is 1.77. The zero-order valence-corrected chi connectivity index (χ0v) is 12.0. The molecule has 2 heterocycles. The molecule has 1 aromatic carbocycles. The van der Waals surface area contributed by atoms with Gasteiger partial charge in [0.1, 0.15) is 25.6 Å². The Morgan fingerprint density at radius 2 is 1.95 bits per heavy atom. The van der Waals surface area contributed by atoms with Crippen LogP contribution in [-0.4, -0.2) is 37.3 Å². The Morgan fingerprint density at radius 3 is 2.71 bits per heavy atom. The molecule has 0 unspecified atom stereocenters. The standard InChI is InChI=1S/C15H17N3O3/c1-16-14-8-11(17-15(18-14)9-19-2)10-3-4-12-13(7-10)21-6-5-20-12/h3-4,7-8H,5-6,9H2,1-2H3,(H,16,17,18). The molecule has 1 aliphatic rings. The molecule has 0 bridgehead atoms. The minimum absolute atomic E-state index is 0.368. The summed E-state index contributed by atoms with van der Waals surface area (Å²) in [6.45, 7) is 1.52. The van der Waals surface area contributed by atoms with E-state index in [1.54, 1.807) is 7.11 Å². The second kappa shape index (κ2) is 5.97. The first-order valence-corrected chi connectivity index (χ1v) is 6.75. The number of benzene rings is 1. The fraction of sp³-hybridized carbons (Fsp3) is 0.333. The fourth-order valence-electron chi connectivity index (χ4n) is 2.17. The van der Waals surface area contributed by atoms with Crippen LogP contribution in [-0.2, 0) is 11.3 Å². The molecule has 0 aliphatic carbocycles. The third-order valence-electron chi connectivity index (χ3n) is 3.14. The van der Waals surface area contributed by atoms with E-state index in [4.69, 9.17) is 14.2 Å². The Labute approximate surface area is 123 Å². The van der Waals surface area contributed by atoms with E-state index in [2.05, 4.69) is 15.3 Å². The summed E-state index contributed by atoms with van der Waals surface area (Å²) in [5, 5.41) is 3.04. The lowest BCUT2D eigenvalue weighted by molar-refractivity contribution is 0.171. The molecule has 0 saturated carbocycles. The van der Waals surface area contributed by atoms with Gasteiger partial charge in [-0.25, -0.2) is 9.97 Å². The van der Waals surface area contributed by atoms with Crippen LogP contribution in [0.2, 0.25) is 0 Å². The van der Waals surface area contributed by atoms with Gasteiger partial charge in [0.05, 0.1) is 5.69 Å². The van der Waals surface area contributed by atoms with Gasteiger partial charge in [0.15, 0.2) is 17.3 Å². The van der Waals surface area contributed by atoms with Gasteiger partial charge in [-0.3, -0.25) is 0 Å². The van der Waals surface area contributed by atoms with E-state index in [0.29, 0.717) is 25.6 Å². The Hall–Kier alpha value is -2.34. The smallest absolute Gasteiger partial charge is 0.162 e. The van der Waals surface area contributed by atoms with Crippen molar-refractivity contribution in [3.63, 3.8) is 0 Å². The van der Waals surface area contributed by atoms with E-state index in [-0.39, 0.29) is 0 Å². The van der Waals surface area contributed by atoms with Crippen LogP contribution < -0.4 is 14.8 Å². The molecule has 1 N–H and O–H groups in total. The van der Waals surface area contributed by atoms with E-state index in [9.17, 15) is 0 Å². The van der Waals surface area contributed by atoms with Crippen LogP contribution in [0.5, 0.6) is 11.5 Å². The molecule has 1 aromatic heterocycles. The van der Waals surface area contributed by atoms with Crippen molar-refractivity contribution in [1.82, 2.24) is 9.97 Å². The van der Waals surface area contributed by atoms with Crippen molar-refractivity contribution in [2.45, 2.75) is 6.61 Å². The lowest BCUT2D eigenvalue weighted by atomic mass is 10.1. The summed E-state index contributed by atoms with van der Waals surface area (Å²) in [7, 11) is 3.45. The fourth-order valence-corrected chi connectivity index (χ4v) is 2.17. The maximum atomic E-state index is 5.61. The molecule has 0 amide bonds. The van der Waals surface area contributed by atoms with E-state index in [1.807, 2.05) is 31.3 Å². The van der Waals surface area contributed by atoms with Crippen molar-refractivity contribution in [2.24, 2.45) is 0 Å². The van der Waals surface area contributed by atoms with Crippen molar-refractivity contribution in [1.29, 1.82) is 0 Å². The maximum Gasteiger partial charge on any atom is 0.162 e. The molecular weight excluding hydrogens is 270 g/mol. The van der Waals surface area contributed by atoms with Crippen LogP contribution in [0.25, 0.3) is 11.3 Å². The molecule has 6 heteroatoms. The summed E-state index contributed by atoms with van der Waals surface area (Å²) in [6.07, 6.45) is 0. The van der Waals surface area contributed by atoms with Crippen LogP contribution in [0, 0.1) is 0 Å². The third kappa shape index (κ3) is 2.90. The number of ether oxygens (including phenoxy) is 3. The van der Waals surface area contributed by atoms with E-state index in [0.717, 1.165) is 28.6 Å². The summed E-state index contributed by atoms with van der Waals surface area (Å²) in [4.78, 5) is 8.87. The number of fused-ring (bicyclic) bond motifs is 1. The van der Waals surface area contributed by atoms with Gasteiger partial charge in [-0.05, 0) is 18.2 Å². The van der Waals surface area contributed by atoms with E-state index in [1.165, 1.54) is 0 Å². The summed E-state index contributed by atoms with van der Waals surface area (Å²) in [6, 6.07) is 7.70. The molecular formula is C15H17N3O3. The highest BCUT2D eigenvalue weighted by Crippen LogP contribution is 2.34. The van der Waals surface area contributed by atoms with Gasteiger partial charge < -0.3 is 19.5 Å². The molecule has 110 valence electrons. The average molecular weight is 287 g/mol. The van der Waals surface area contributed by atoms with Gasteiger partial charge in [-0.1, -0.05) is 0 Å². The zero-order valence-electron chi connectivity index (χ0n) is 12.0. The number of hydrogen-bond donors (Lipinski definition) is 1. The number of aromatic nitrogens is 2. The predicted octanol–water partition coefficient (Wildman–Crippen LogP) is 2.10. The van der Waals surface area contributed by atoms with Crippen molar-refractivity contribution in [3.05, 3.63) is 30.1 Å². The number of methoxy groups -OCH3 is 1. The Kier molecular flexibility index (Phi) is 3.87. The first kappa shape index (κ1) is 13.6. The second-order valence-electron chi connectivity index (χ2n) is 4.60. The number of anilines is 1. The molecule has 0 atom stereocenters. The molecule has 0 fully saturated rings. The van der Waals surface area contributed by atoms with Crippen molar-refractivity contribution in [2.75, 3.05) is 32.7 Å². The number of hydrogen-bond acceptors (Lipinski definition) is 6.